The second kappa shape index (κ2) is 7.34. The summed E-state index contributed by atoms with van der Waals surface area (Å²) >= 11 is 0. The van der Waals surface area contributed by atoms with E-state index in [0.717, 1.165) is 26.0 Å². The number of ether oxygens (including phenoxy) is 1. The summed E-state index contributed by atoms with van der Waals surface area (Å²) < 4.78 is 5.06. The maximum atomic E-state index is 6.17. The molecule has 0 radical (unpaired) electrons. The Bertz CT molecular complexity index is 206. The van der Waals surface area contributed by atoms with Crippen molar-refractivity contribution in [3.8, 4) is 0 Å². The first kappa shape index (κ1) is 14.9. The molecule has 1 unspecified atom stereocenters. The molecule has 0 aliphatic carbocycles. The number of hydrogen-bond acceptors (Lipinski definition) is 3. The molecule has 2 N–H and O–H groups in total. The van der Waals surface area contributed by atoms with Crippen molar-refractivity contribution in [1.29, 1.82) is 0 Å². The smallest absolute Gasteiger partial charge is 0.0462 e. The highest BCUT2D eigenvalue weighted by molar-refractivity contribution is 4.78. The minimum atomic E-state index is 0.311. The molecule has 0 aromatic heterocycles. The Hall–Kier alpha value is -0.120. The summed E-state index contributed by atoms with van der Waals surface area (Å²) in [6.45, 7) is 9.09. The van der Waals surface area contributed by atoms with Crippen LogP contribution in [0.3, 0.4) is 0 Å². The SMILES string of the molecule is COCCCC(N)CN1CCCC(C)(C)CC1. The third-order valence-electron chi connectivity index (χ3n) is 3.85. The van der Waals surface area contributed by atoms with Crippen molar-refractivity contribution in [2.24, 2.45) is 11.1 Å². The molecule has 0 aromatic rings. The summed E-state index contributed by atoms with van der Waals surface area (Å²) in [7, 11) is 1.75. The van der Waals surface area contributed by atoms with Crippen molar-refractivity contribution in [3.05, 3.63) is 0 Å². The topological polar surface area (TPSA) is 38.5 Å². The van der Waals surface area contributed by atoms with E-state index in [1.807, 2.05) is 0 Å². The van der Waals surface area contributed by atoms with Gasteiger partial charge in [0.2, 0.25) is 0 Å². The number of likely N-dealkylation sites (tertiary alicyclic amines) is 1. The van der Waals surface area contributed by atoms with Crippen molar-refractivity contribution in [2.45, 2.75) is 52.0 Å². The highest BCUT2D eigenvalue weighted by atomic mass is 16.5. The van der Waals surface area contributed by atoms with Gasteiger partial charge in [0, 0.05) is 26.3 Å². The lowest BCUT2D eigenvalue weighted by Crippen LogP contribution is -2.38. The Kier molecular flexibility index (Phi) is 6.45. The Morgan fingerprint density at radius 1 is 1.29 bits per heavy atom. The third kappa shape index (κ3) is 6.39. The van der Waals surface area contributed by atoms with E-state index in [9.17, 15) is 0 Å². The van der Waals surface area contributed by atoms with Gasteiger partial charge in [-0.3, -0.25) is 0 Å². The number of hydrogen-bond donors (Lipinski definition) is 1. The predicted octanol–water partition coefficient (Wildman–Crippen LogP) is 2.25. The molecule has 1 rings (SSSR count). The summed E-state index contributed by atoms with van der Waals surface area (Å²) in [5.41, 5.74) is 6.69. The van der Waals surface area contributed by atoms with Crippen LogP contribution in [0.2, 0.25) is 0 Å². The molecule has 1 atom stereocenters. The van der Waals surface area contributed by atoms with E-state index in [1.54, 1.807) is 7.11 Å². The predicted molar refractivity (Wildman–Crippen MR) is 73.2 cm³/mol. The molecule has 3 nitrogen and oxygen atoms in total. The Balaban J connectivity index is 2.22. The van der Waals surface area contributed by atoms with Crippen LogP contribution < -0.4 is 5.73 Å². The minimum Gasteiger partial charge on any atom is -0.385 e. The van der Waals surface area contributed by atoms with Crippen LogP contribution in [0.25, 0.3) is 0 Å². The number of rotatable bonds is 6. The molecule has 1 aliphatic rings. The van der Waals surface area contributed by atoms with Crippen molar-refractivity contribution < 1.29 is 4.74 Å². The van der Waals surface area contributed by atoms with Gasteiger partial charge in [0.25, 0.3) is 0 Å². The molecule has 1 heterocycles. The van der Waals surface area contributed by atoms with Gasteiger partial charge >= 0.3 is 0 Å². The Morgan fingerprint density at radius 3 is 2.76 bits per heavy atom. The average Bonchev–Trinajstić information content (AvgIpc) is 2.41. The first-order chi connectivity index (χ1) is 8.03. The van der Waals surface area contributed by atoms with E-state index in [1.165, 1.54) is 32.4 Å². The zero-order valence-electron chi connectivity index (χ0n) is 11.9. The van der Waals surface area contributed by atoms with Gasteiger partial charge in [-0.2, -0.15) is 0 Å². The number of nitrogens with two attached hydrogens (primary N) is 1. The van der Waals surface area contributed by atoms with Crippen LogP contribution in [0.15, 0.2) is 0 Å². The van der Waals surface area contributed by atoms with E-state index < -0.39 is 0 Å². The van der Waals surface area contributed by atoms with Crippen molar-refractivity contribution in [1.82, 2.24) is 4.90 Å². The normalized spacial score (nSPS) is 23.3. The molecule has 1 aliphatic heterocycles. The van der Waals surface area contributed by atoms with Gasteiger partial charge in [-0.25, -0.2) is 0 Å². The van der Waals surface area contributed by atoms with Gasteiger partial charge in [-0.15, -0.1) is 0 Å². The van der Waals surface area contributed by atoms with Gasteiger partial charge in [0.05, 0.1) is 0 Å². The van der Waals surface area contributed by atoms with Crippen LogP contribution in [-0.2, 0) is 4.74 Å². The van der Waals surface area contributed by atoms with Gasteiger partial charge < -0.3 is 15.4 Å². The molecule has 3 heteroatoms. The first-order valence-electron chi connectivity index (χ1n) is 7.00. The van der Waals surface area contributed by atoms with E-state index in [4.69, 9.17) is 10.5 Å². The lowest BCUT2D eigenvalue weighted by Gasteiger charge is -2.25. The molecule has 0 aromatic carbocycles. The summed E-state index contributed by atoms with van der Waals surface area (Å²) in [5, 5.41) is 0. The van der Waals surface area contributed by atoms with Gasteiger partial charge in [-0.05, 0) is 50.6 Å². The minimum absolute atomic E-state index is 0.311. The van der Waals surface area contributed by atoms with Crippen LogP contribution in [0.4, 0.5) is 0 Å². The zero-order valence-corrected chi connectivity index (χ0v) is 11.9. The van der Waals surface area contributed by atoms with Crippen molar-refractivity contribution in [3.63, 3.8) is 0 Å². The number of methoxy groups -OCH3 is 1. The monoisotopic (exact) mass is 242 g/mol. The maximum absolute atomic E-state index is 6.17. The van der Waals surface area contributed by atoms with E-state index >= 15 is 0 Å². The second-order valence-corrected chi connectivity index (χ2v) is 6.21. The summed E-state index contributed by atoms with van der Waals surface area (Å²) in [4.78, 5) is 2.55. The van der Waals surface area contributed by atoms with Gasteiger partial charge in [-0.1, -0.05) is 13.8 Å². The summed E-state index contributed by atoms with van der Waals surface area (Å²) in [5.74, 6) is 0. The fraction of sp³-hybridized carbons (Fsp3) is 1.00. The van der Waals surface area contributed by atoms with Crippen LogP contribution in [0.1, 0.15) is 46.0 Å². The lowest BCUT2D eigenvalue weighted by atomic mass is 9.85. The van der Waals surface area contributed by atoms with Crippen LogP contribution >= 0.6 is 0 Å². The molecule has 0 amide bonds. The standard InChI is InChI=1S/C14H30N2O/c1-14(2)7-5-9-16(10-8-14)12-13(15)6-4-11-17-3/h13H,4-12,15H2,1-3H3. The average molecular weight is 242 g/mol. The van der Waals surface area contributed by atoms with Crippen LogP contribution in [0, 0.1) is 5.41 Å². The third-order valence-corrected chi connectivity index (χ3v) is 3.85. The van der Waals surface area contributed by atoms with Crippen LogP contribution in [0.5, 0.6) is 0 Å². The molecule has 1 fully saturated rings. The van der Waals surface area contributed by atoms with Crippen molar-refractivity contribution in [2.75, 3.05) is 33.4 Å². The summed E-state index contributed by atoms with van der Waals surface area (Å²) in [6.07, 6.45) is 6.13. The second-order valence-electron chi connectivity index (χ2n) is 6.21. The molecule has 1 saturated heterocycles. The van der Waals surface area contributed by atoms with Gasteiger partial charge in [0.15, 0.2) is 0 Å². The number of nitrogens with zero attached hydrogens (tertiary/aromatic N) is 1. The highest BCUT2D eigenvalue weighted by Crippen LogP contribution is 2.29. The molecule has 0 spiro atoms. The summed E-state index contributed by atoms with van der Waals surface area (Å²) in [6, 6.07) is 0.311. The maximum Gasteiger partial charge on any atom is 0.0462 e. The molecule has 0 bridgehead atoms. The molecule has 17 heavy (non-hydrogen) atoms. The van der Waals surface area contributed by atoms with Gasteiger partial charge in [0.1, 0.15) is 0 Å². The van der Waals surface area contributed by atoms with Crippen LogP contribution in [-0.4, -0.2) is 44.3 Å². The molecule has 0 saturated carbocycles. The lowest BCUT2D eigenvalue weighted by molar-refractivity contribution is 0.185. The largest absolute Gasteiger partial charge is 0.385 e. The highest BCUT2D eigenvalue weighted by Gasteiger charge is 2.23. The fourth-order valence-corrected chi connectivity index (χ4v) is 2.57. The van der Waals surface area contributed by atoms with E-state index in [2.05, 4.69) is 18.7 Å². The zero-order chi connectivity index (χ0) is 12.7. The molecular weight excluding hydrogens is 212 g/mol. The molecule has 102 valence electrons. The van der Waals surface area contributed by atoms with Crippen molar-refractivity contribution >= 4 is 0 Å². The Morgan fingerprint density at radius 2 is 2.06 bits per heavy atom. The first-order valence-corrected chi connectivity index (χ1v) is 7.00. The van der Waals surface area contributed by atoms with E-state index in [-0.39, 0.29) is 0 Å². The quantitative estimate of drug-likeness (QED) is 0.726. The fourth-order valence-electron chi connectivity index (χ4n) is 2.57. The Labute approximate surface area is 107 Å². The van der Waals surface area contributed by atoms with E-state index in [0.29, 0.717) is 11.5 Å². The molecular formula is C14H30N2O.